The lowest BCUT2D eigenvalue weighted by atomic mass is 9.92. The van der Waals surface area contributed by atoms with Crippen molar-refractivity contribution in [2.75, 3.05) is 24.6 Å². The molecule has 1 aromatic carbocycles. The van der Waals surface area contributed by atoms with Gasteiger partial charge in [-0.25, -0.2) is 4.90 Å². The van der Waals surface area contributed by atoms with Crippen molar-refractivity contribution < 1.29 is 19.1 Å². The average Bonchev–Trinajstić information content (AvgIpc) is 2.95. The molecule has 140 valence electrons. The highest BCUT2D eigenvalue weighted by Gasteiger charge is 2.43. The number of anilines is 1. The summed E-state index contributed by atoms with van der Waals surface area (Å²) in [5.74, 6) is 0.697. The van der Waals surface area contributed by atoms with Crippen LogP contribution in [-0.2, 0) is 14.4 Å². The van der Waals surface area contributed by atoms with Crippen molar-refractivity contribution in [3.63, 3.8) is 0 Å². The maximum atomic E-state index is 12.9. The van der Waals surface area contributed by atoms with E-state index in [1.54, 1.807) is 31.2 Å². The van der Waals surface area contributed by atoms with Gasteiger partial charge in [-0.15, -0.1) is 0 Å². The van der Waals surface area contributed by atoms with Crippen molar-refractivity contribution in [3.05, 3.63) is 24.3 Å². The van der Waals surface area contributed by atoms with E-state index in [0.29, 0.717) is 25.4 Å². The summed E-state index contributed by atoms with van der Waals surface area (Å²) in [6.07, 6.45) is 2.65. The third kappa shape index (κ3) is 3.80. The molecule has 2 fully saturated rings. The van der Waals surface area contributed by atoms with E-state index >= 15 is 0 Å². The van der Waals surface area contributed by atoms with Crippen LogP contribution in [0.15, 0.2) is 24.3 Å². The highest BCUT2D eigenvalue weighted by Crippen LogP contribution is 2.29. The Morgan fingerprint density at radius 3 is 2.38 bits per heavy atom. The van der Waals surface area contributed by atoms with Gasteiger partial charge in [0.2, 0.25) is 5.91 Å². The fourth-order valence-electron chi connectivity index (χ4n) is 3.70. The second-order valence-corrected chi connectivity index (χ2v) is 7.05. The molecule has 0 N–H and O–H groups in total. The minimum Gasteiger partial charge on any atom is -0.494 e. The van der Waals surface area contributed by atoms with Crippen LogP contribution in [0.3, 0.4) is 0 Å². The van der Waals surface area contributed by atoms with E-state index < -0.39 is 6.04 Å². The lowest BCUT2D eigenvalue weighted by molar-refractivity contribution is -0.124. The van der Waals surface area contributed by atoms with Gasteiger partial charge in [-0.1, -0.05) is 6.92 Å². The molecule has 6 nitrogen and oxygen atoms in total. The Balaban J connectivity index is 1.66. The van der Waals surface area contributed by atoms with E-state index in [0.717, 1.165) is 25.0 Å². The number of hydrogen-bond acceptors (Lipinski definition) is 5. The van der Waals surface area contributed by atoms with Gasteiger partial charge in [-0.2, -0.15) is 0 Å². The quantitative estimate of drug-likeness (QED) is 0.731. The number of likely N-dealkylation sites (tertiary alicyclic amines) is 1. The molecule has 0 saturated carbocycles. The molecule has 1 unspecified atom stereocenters. The number of amides is 2. The van der Waals surface area contributed by atoms with E-state index in [4.69, 9.17) is 4.74 Å². The zero-order valence-corrected chi connectivity index (χ0v) is 15.4. The van der Waals surface area contributed by atoms with Gasteiger partial charge in [0.05, 0.1) is 24.8 Å². The highest BCUT2D eigenvalue weighted by atomic mass is 16.5. The van der Waals surface area contributed by atoms with Crippen molar-refractivity contribution in [1.29, 1.82) is 0 Å². The lowest BCUT2D eigenvalue weighted by Crippen LogP contribution is -2.46. The van der Waals surface area contributed by atoms with Crippen LogP contribution in [0.4, 0.5) is 5.69 Å². The zero-order valence-electron chi connectivity index (χ0n) is 15.4. The molecule has 3 rings (SSSR count). The first kappa shape index (κ1) is 18.6. The average molecular weight is 358 g/mol. The SMILES string of the molecule is CCCOc1ccc(N2C(=O)CC(N3CCC(C(C)=O)CC3)C2=O)cc1. The summed E-state index contributed by atoms with van der Waals surface area (Å²) in [7, 11) is 0. The number of Topliss-reactive ketones (excluding diaryl/α,β-unsaturated/α-hetero) is 1. The van der Waals surface area contributed by atoms with Crippen LogP contribution in [0.2, 0.25) is 0 Å². The standard InChI is InChI=1S/C20H26N2O4/c1-3-12-26-17-6-4-16(5-7-17)22-19(24)13-18(20(22)25)21-10-8-15(9-11-21)14(2)23/h4-7,15,18H,3,8-13H2,1-2H3. The molecule has 2 heterocycles. The van der Waals surface area contributed by atoms with E-state index in [1.165, 1.54) is 4.90 Å². The lowest BCUT2D eigenvalue weighted by Gasteiger charge is -2.33. The molecule has 6 heteroatoms. The fraction of sp³-hybridized carbons (Fsp3) is 0.550. The molecular formula is C20H26N2O4. The van der Waals surface area contributed by atoms with Gasteiger partial charge >= 0.3 is 0 Å². The summed E-state index contributed by atoms with van der Waals surface area (Å²) in [5.41, 5.74) is 0.588. The third-order valence-corrected chi connectivity index (χ3v) is 5.24. The molecule has 0 aliphatic carbocycles. The number of ketones is 1. The summed E-state index contributed by atoms with van der Waals surface area (Å²) in [4.78, 5) is 40.2. The molecule has 1 atom stereocenters. The minimum atomic E-state index is -0.411. The van der Waals surface area contributed by atoms with E-state index in [2.05, 4.69) is 4.90 Å². The summed E-state index contributed by atoms with van der Waals surface area (Å²) in [6.45, 7) is 5.67. The summed E-state index contributed by atoms with van der Waals surface area (Å²) >= 11 is 0. The molecule has 0 radical (unpaired) electrons. The van der Waals surface area contributed by atoms with Crippen LogP contribution >= 0.6 is 0 Å². The predicted octanol–water partition coefficient (Wildman–Crippen LogP) is 2.41. The molecule has 26 heavy (non-hydrogen) atoms. The van der Waals surface area contributed by atoms with Crippen LogP contribution in [0, 0.1) is 5.92 Å². The molecule has 0 bridgehead atoms. The summed E-state index contributed by atoms with van der Waals surface area (Å²) in [5, 5.41) is 0. The Bertz CT molecular complexity index is 678. The van der Waals surface area contributed by atoms with E-state index in [-0.39, 0.29) is 29.9 Å². The normalized spacial score (nSPS) is 22.1. The van der Waals surface area contributed by atoms with Crippen LogP contribution in [0.25, 0.3) is 0 Å². The predicted molar refractivity (Wildman–Crippen MR) is 98.1 cm³/mol. The minimum absolute atomic E-state index is 0.0882. The zero-order chi connectivity index (χ0) is 18.7. The van der Waals surface area contributed by atoms with Gasteiger partial charge in [-0.3, -0.25) is 19.3 Å². The molecule has 0 aromatic heterocycles. The maximum absolute atomic E-state index is 12.9. The number of imide groups is 1. The molecule has 2 aliphatic rings. The Morgan fingerprint density at radius 2 is 1.81 bits per heavy atom. The van der Waals surface area contributed by atoms with Gasteiger partial charge < -0.3 is 4.74 Å². The first-order valence-corrected chi connectivity index (χ1v) is 9.35. The second kappa shape index (κ2) is 7.99. The number of nitrogens with zero attached hydrogens (tertiary/aromatic N) is 2. The molecule has 2 amide bonds. The smallest absolute Gasteiger partial charge is 0.251 e. The van der Waals surface area contributed by atoms with Crippen molar-refractivity contribution in [2.24, 2.45) is 5.92 Å². The number of piperidine rings is 1. The largest absolute Gasteiger partial charge is 0.494 e. The molecule has 0 spiro atoms. The van der Waals surface area contributed by atoms with Gasteiger partial charge in [0.25, 0.3) is 5.91 Å². The van der Waals surface area contributed by atoms with Crippen LogP contribution in [0.1, 0.15) is 39.5 Å². The van der Waals surface area contributed by atoms with E-state index in [1.807, 2.05) is 6.92 Å². The Kier molecular flexibility index (Phi) is 5.71. The molecule has 2 aliphatic heterocycles. The van der Waals surface area contributed by atoms with Gasteiger partial charge in [0.1, 0.15) is 11.5 Å². The van der Waals surface area contributed by atoms with Crippen molar-refractivity contribution >= 4 is 23.3 Å². The first-order valence-electron chi connectivity index (χ1n) is 9.35. The first-order chi connectivity index (χ1) is 12.5. The van der Waals surface area contributed by atoms with Crippen LogP contribution < -0.4 is 9.64 Å². The Labute approximate surface area is 154 Å². The van der Waals surface area contributed by atoms with Gasteiger partial charge in [0.15, 0.2) is 0 Å². The Hall–Kier alpha value is -2.21. The van der Waals surface area contributed by atoms with Crippen molar-refractivity contribution in [3.8, 4) is 5.75 Å². The number of ether oxygens (including phenoxy) is 1. The van der Waals surface area contributed by atoms with Crippen LogP contribution in [-0.4, -0.2) is 48.2 Å². The number of hydrogen-bond donors (Lipinski definition) is 0. The van der Waals surface area contributed by atoms with Crippen molar-refractivity contribution in [2.45, 2.75) is 45.6 Å². The molecule has 1 aromatic rings. The number of carbonyl (C=O) groups is 3. The van der Waals surface area contributed by atoms with Gasteiger partial charge in [-0.05, 0) is 63.5 Å². The molecular weight excluding hydrogens is 332 g/mol. The third-order valence-electron chi connectivity index (χ3n) is 5.24. The monoisotopic (exact) mass is 358 g/mol. The highest BCUT2D eigenvalue weighted by molar-refractivity contribution is 6.22. The summed E-state index contributed by atoms with van der Waals surface area (Å²) < 4.78 is 5.55. The molecule has 2 saturated heterocycles. The van der Waals surface area contributed by atoms with E-state index in [9.17, 15) is 14.4 Å². The number of carbonyl (C=O) groups excluding carboxylic acids is 3. The van der Waals surface area contributed by atoms with Crippen LogP contribution in [0.5, 0.6) is 5.75 Å². The van der Waals surface area contributed by atoms with Crippen molar-refractivity contribution in [1.82, 2.24) is 4.90 Å². The maximum Gasteiger partial charge on any atom is 0.251 e. The number of benzene rings is 1. The van der Waals surface area contributed by atoms with Gasteiger partial charge in [0, 0.05) is 5.92 Å². The topological polar surface area (TPSA) is 66.9 Å². The summed E-state index contributed by atoms with van der Waals surface area (Å²) in [6, 6.07) is 6.68. The fourth-order valence-corrected chi connectivity index (χ4v) is 3.70. The number of rotatable bonds is 6. The Morgan fingerprint density at radius 1 is 1.15 bits per heavy atom. The second-order valence-electron chi connectivity index (χ2n) is 7.05.